The van der Waals surface area contributed by atoms with Crippen molar-refractivity contribution < 1.29 is 14.6 Å². The molecule has 24 heavy (non-hydrogen) atoms. The van der Waals surface area contributed by atoms with Gasteiger partial charge in [-0.05, 0) is 55.9 Å². The van der Waals surface area contributed by atoms with E-state index in [1.807, 2.05) is 17.5 Å². The van der Waals surface area contributed by atoms with Crippen molar-refractivity contribution in [3.8, 4) is 5.75 Å². The molecule has 2 N–H and O–H groups in total. The summed E-state index contributed by atoms with van der Waals surface area (Å²) in [6.45, 7) is 0.687. The van der Waals surface area contributed by atoms with Crippen LogP contribution < -0.4 is 10.1 Å². The quantitative estimate of drug-likeness (QED) is 0.843. The summed E-state index contributed by atoms with van der Waals surface area (Å²) in [7, 11) is 0. The monoisotopic (exact) mass is 346 g/mol. The maximum Gasteiger partial charge on any atom is 0.251 e. The van der Waals surface area contributed by atoms with Gasteiger partial charge in [0.05, 0.1) is 11.2 Å². The van der Waals surface area contributed by atoms with E-state index < -0.39 is 0 Å². The van der Waals surface area contributed by atoms with Crippen molar-refractivity contribution >= 4 is 17.2 Å². The smallest absolute Gasteiger partial charge is 0.251 e. The number of rotatable bonds is 6. The zero-order valence-corrected chi connectivity index (χ0v) is 14.3. The molecule has 0 aliphatic heterocycles. The Balaban J connectivity index is 1.48. The minimum atomic E-state index is -0.0477. The molecule has 1 aromatic heterocycles. The first kappa shape index (κ1) is 16.9. The normalized spacial score (nSPS) is 20.5. The molecule has 6 heteroatoms. The van der Waals surface area contributed by atoms with Crippen LogP contribution in [0.3, 0.4) is 0 Å². The number of aliphatic hydroxyl groups is 1. The van der Waals surface area contributed by atoms with Crippen molar-refractivity contribution in [2.45, 2.75) is 38.3 Å². The number of nitrogens with zero attached hydrogens (tertiary/aromatic N) is 1. The van der Waals surface area contributed by atoms with Crippen LogP contribution in [0, 0.1) is 5.92 Å². The number of carbonyl (C=O) groups excluding carboxylic acids is 1. The fraction of sp³-hybridized carbons (Fsp3) is 0.444. The van der Waals surface area contributed by atoms with Crippen molar-refractivity contribution in [3.63, 3.8) is 0 Å². The molecule has 0 spiro atoms. The molecule has 0 saturated heterocycles. The van der Waals surface area contributed by atoms with Crippen LogP contribution in [0.25, 0.3) is 0 Å². The number of amides is 1. The first-order valence-corrected chi connectivity index (χ1v) is 9.20. The Kier molecular flexibility index (Phi) is 5.82. The molecular formula is C18H22N2O3S. The number of hydrogen-bond donors (Lipinski definition) is 2. The van der Waals surface area contributed by atoms with Gasteiger partial charge in [0.2, 0.25) is 0 Å². The Hall–Kier alpha value is -1.92. The van der Waals surface area contributed by atoms with Crippen LogP contribution in [0.2, 0.25) is 0 Å². The van der Waals surface area contributed by atoms with Crippen molar-refractivity contribution in [2.24, 2.45) is 5.92 Å². The summed E-state index contributed by atoms with van der Waals surface area (Å²) in [5.74, 6) is 1.07. The Morgan fingerprint density at radius 2 is 2.00 bits per heavy atom. The summed E-state index contributed by atoms with van der Waals surface area (Å²) >= 11 is 1.54. The topological polar surface area (TPSA) is 71.5 Å². The molecule has 0 atom stereocenters. The Morgan fingerprint density at radius 3 is 2.62 bits per heavy atom. The Bertz CT molecular complexity index is 635. The predicted octanol–water partition coefficient (Wildman–Crippen LogP) is 3.00. The van der Waals surface area contributed by atoms with Crippen LogP contribution in [0.1, 0.15) is 41.7 Å². The lowest BCUT2D eigenvalue weighted by Gasteiger charge is -2.27. The molecule has 1 heterocycles. The first-order chi connectivity index (χ1) is 11.7. The molecule has 0 bridgehead atoms. The van der Waals surface area contributed by atoms with Crippen molar-refractivity contribution in [1.29, 1.82) is 0 Å². The van der Waals surface area contributed by atoms with Gasteiger partial charge in [-0.25, -0.2) is 4.98 Å². The summed E-state index contributed by atoms with van der Waals surface area (Å²) < 4.78 is 5.65. The van der Waals surface area contributed by atoms with E-state index in [4.69, 9.17) is 9.84 Å². The van der Waals surface area contributed by atoms with Gasteiger partial charge in [-0.2, -0.15) is 0 Å². The van der Waals surface area contributed by atoms with E-state index in [9.17, 15) is 4.79 Å². The number of nitrogens with one attached hydrogen (secondary N) is 1. The van der Waals surface area contributed by atoms with E-state index in [1.165, 1.54) is 0 Å². The van der Waals surface area contributed by atoms with Crippen LogP contribution >= 0.6 is 11.3 Å². The lowest BCUT2D eigenvalue weighted by atomic mass is 9.86. The summed E-state index contributed by atoms with van der Waals surface area (Å²) in [6, 6.07) is 7.39. The average Bonchev–Trinajstić information content (AvgIpc) is 3.14. The summed E-state index contributed by atoms with van der Waals surface area (Å²) in [5, 5.41) is 14.2. The molecule has 0 unspecified atom stereocenters. The highest BCUT2D eigenvalue weighted by molar-refractivity contribution is 7.07. The lowest BCUT2D eigenvalue weighted by Crippen LogP contribution is -2.38. The van der Waals surface area contributed by atoms with Gasteiger partial charge in [-0.3, -0.25) is 4.79 Å². The average molecular weight is 346 g/mol. The SMILES string of the molecule is O=C(NC1CCC(CO)CC1)c1ccc(OCc2cscn2)cc1. The molecule has 1 aliphatic carbocycles. The zero-order chi connectivity index (χ0) is 16.8. The number of thiazole rings is 1. The fourth-order valence-corrected chi connectivity index (χ4v) is 3.47. The maximum atomic E-state index is 12.3. The second-order valence-corrected chi connectivity index (χ2v) is 6.89. The zero-order valence-electron chi connectivity index (χ0n) is 13.5. The van der Waals surface area contributed by atoms with Crippen molar-refractivity contribution in [2.75, 3.05) is 6.61 Å². The number of aromatic nitrogens is 1. The molecule has 1 aromatic carbocycles. The van der Waals surface area contributed by atoms with Crippen molar-refractivity contribution in [3.05, 3.63) is 46.4 Å². The van der Waals surface area contributed by atoms with Gasteiger partial charge < -0.3 is 15.2 Å². The minimum Gasteiger partial charge on any atom is -0.487 e. The predicted molar refractivity (Wildman–Crippen MR) is 93.2 cm³/mol. The summed E-state index contributed by atoms with van der Waals surface area (Å²) in [6.07, 6.45) is 3.83. The summed E-state index contributed by atoms with van der Waals surface area (Å²) in [5.41, 5.74) is 3.32. The van der Waals surface area contributed by atoms with E-state index in [2.05, 4.69) is 10.3 Å². The highest BCUT2D eigenvalue weighted by Crippen LogP contribution is 2.24. The number of hydrogen-bond acceptors (Lipinski definition) is 5. The number of carbonyl (C=O) groups is 1. The molecule has 3 rings (SSSR count). The van der Waals surface area contributed by atoms with Gasteiger partial charge in [0.25, 0.3) is 5.91 Å². The maximum absolute atomic E-state index is 12.3. The lowest BCUT2D eigenvalue weighted by molar-refractivity contribution is 0.0914. The molecule has 0 radical (unpaired) electrons. The molecule has 1 amide bonds. The third kappa shape index (κ3) is 4.55. The molecule has 2 aromatic rings. The van der Waals surface area contributed by atoms with E-state index in [1.54, 1.807) is 29.0 Å². The number of aliphatic hydroxyl groups excluding tert-OH is 1. The number of ether oxygens (including phenoxy) is 1. The van der Waals surface area contributed by atoms with Gasteiger partial charge in [0, 0.05) is 23.6 Å². The van der Waals surface area contributed by atoms with E-state index in [-0.39, 0.29) is 18.6 Å². The van der Waals surface area contributed by atoms with E-state index in [0.29, 0.717) is 18.1 Å². The van der Waals surface area contributed by atoms with Gasteiger partial charge in [-0.1, -0.05) is 0 Å². The van der Waals surface area contributed by atoms with Gasteiger partial charge in [-0.15, -0.1) is 11.3 Å². The van der Waals surface area contributed by atoms with Gasteiger partial charge in [0.1, 0.15) is 12.4 Å². The molecular weight excluding hydrogens is 324 g/mol. The summed E-state index contributed by atoms with van der Waals surface area (Å²) in [4.78, 5) is 16.5. The second-order valence-electron chi connectivity index (χ2n) is 6.17. The van der Waals surface area contributed by atoms with E-state index >= 15 is 0 Å². The standard InChI is InChI=1S/C18H22N2O3S/c21-9-13-1-5-15(6-2-13)20-18(22)14-3-7-17(8-4-14)23-10-16-11-24-12-19-16/h3-4,7-8,11-13,15,21H,1-2,5-6,9-10H2,(H,20,22). The molecule has 5 nitrogen and oxygen atoms in total. The third-order valence-corrected chi connectivity index (χ3v) is 5.06. The highest BCUT2D eigenvalue weighted by Gasteiger charge is 2.22. The van der Waals surface area contributed by atoms with Crippen LogP contribution in [-0.2, 0) is 6.61 Å². The van der Waals surface area contributed by atoms with Crippen LogP contribution in [0.4, 0.5) is 0 Å². The number of benzene rings is 1. The Labute approximate surface area is 145 Å². The van der Waals surface area contributed by atoms with Crippen LogP contribution in [-0.4, -0.2) is 28.6 Å². The van der Waals surface area contributed by atoms with Gasteiger partial charge in [0.15, 0.2) is 0 Å². The largest absolute Gasteiger partial charge is 0.487 e. The molecule has 128 valence electrons. The second kappa shape index (κ2) is 8.26. The third-order valence-electron chi connectivity index (χ3n) is 4.43. The molecule has 1 fully saturated rings. The highest BCUT2D eigenvalue weighted by atomic mass is 32.1. The Morgan fingerprint density at radius 1 is 1.25 bits per heavy atom. The van der Waals surface area contributed by atoms with Crippen molar-refractivity contribution in [1.82, 2.24) is 10.3 Å². The molecule has 1 aliphatic rings. The minimum absolute atomic E-state index is 0.0477. The van der Waals surface area contributed by atoms with E-state index in [0.717, 1.165) is 37.1 Å². The fourth-order valence-electron chi connectivity index (χ4n) is 2.93. The first-order valence-electron chi connectivity index (χ1n) is 8.26. The van der Waals surface area contributed by atoms with Gasteiger partial charge >= 0.3 is 0 Å². The van der Waals surface area contributed by atoms with Crippen LogP contribution in [0.15, 0.2) is 35.2 Å². The van der Waals surface area contributed by atoms with Crippen LogP contribution in [0.5, 0.6) is 5.75 Å². The molecule has 1 saturated carbocycles.